The quantitative estimate of drug-likeness (QED) is 0.698. The number of nitrogens with one attached hydrogen (secondary N) is 1. The highest BCUT2D eigenvalue weighted by Crippen LogP contribution is 2.40. The predicted molar refractivity (Wildman–Crippen MR) is 96.0 cm³/mol. The first-order valence-corrected chi connectivity index (χ1v) is 8.75. The molecule has 0 heterocycles. The van der Waals surface area contributed by atoms with Crippen LogP contribution in [0.4, 0.5) is 0 Å². The maximum absolute atomic E-state index is 12.4. The minimum Gasteiger partial charge on any atom is -0.493 e. The van der Waals surface area contributed by atoms with Crippen LogP contribution in [0.25, 0.3) is 0 Å². The molecule has 7 nitrogen and oxygen atoms in total. The van der Waals surface area contributed by atoms with Crippen LogP contribution in [0.5, 0.6) is 17.2 Å². The summed E-state index contributed by atoms with van der Waals surface area (Å²) in [4.78, 5) is 23.6. The van der Waals surface area contributed by atoms with Crippen LogP contribution in [0, 0.1) is 0 Å². The molecule has 1 saturated carbocycles. The predicted octanol–water partition coefficient (Wildman–Crippen LogP) is 2.55. The summed E-state index contributed by atoms with van der Waals surface area (Å²) in [6, 6.07) is 3.62. The van der Waals surface area contributed by atoms with E-state index in [0.29, 0.717) is 36.5 Å². The zero-order valence-electron chi connectivity index (χ0n) is 15.6. The zero-order valence-corrected chi connectivity index (χ0v) is 15.6. The Morgan fingerprint density at radius 3 is 2.27 bits per heavy atom. The minimum absolute atomic E-state index is 0.0293. The van der Waals surface area contributed by atoms with E-state index in [4.69, 9.17) is 19.3 Å². The first-order valence-electron chi connectivity index (χ1n) is 8.75. The van der Waals surface area contributed by atoms with Crippen LogP contribution in [0.3, 0.4) is 0 Å². The molecule has 0 aliphatic heterocycles. The number of carboxylic acid groups (broad SMARTS) is 1. The van der Waals surface area contributed by atoms with Crippen LogP contribution in [-0.4, -0.2) is 43.9 Å². The second kappa shape index (κ2) is 8.78. The van der Waals surface area contributed by atoms with Gasteiger partial charge < -0.3 is 24.6 Å². The van der Waals surface area contributed by atoms with Crippen molar-refractivity contribution in [2.75, 3.05) is 21.3 Å². The molecule has 0 unspecified atom stereocenters. The number of benzene rings is 1. The maximum Gasteiger partial charge on any atom is 0.305 e. The molecule has 1 aliphatic rings. The Labute approximate surface area is 153 Å². The molecule has 0 bridgehead atoms. The molecule has 1 aliphatic carbocycles. The second-order valence-corrected chi connectivity index (χ2v) is 6.60. The summed E-state index contributed by atoms with van der Waals surface area (Å²) in [7, 11) is 4.63. The number of hydrogen-bond acceptors (Lipinski definition) is 5. The van der Waals surface area contributed by atoms with Gasteiger partial charge in [-0.15, -0.1) is 0 Å². The largest absolute Gasteiger partial charge is 0.493 e. The van der Waals surface area contributed by atoms with Gasteiger partial charge in [0.1, 0.15) is 0 Å². The first-order chi connectivity index (χ1) is 12.4. The van der Waals surface area contributed by atoms with E-state index in [1.165, 1.54) is 7.11 Å². The van der Waals surface area contributed by atoms with Crippen LogP contribution in [-0.2, 0) is 16.0 Å². The van der Waals surface area contributed by atoms with Gasteiger partial charge in [-0.1, -0.05) is 18.9 Å². The third-order valence-corrected chi connectivity index (χ3v) is 4.86. The average Bonchev–Trinajstić information content (AvgIpc) is 3.05. The fourth-order valence-electron chi connectivity index (χ4n) is 3.65. The fourth-order valence-corrected chi connectivity index (χ4v) is 3.65. The first kappa shape index (κ1) is 19.9. The zero-order chi connectivity index (χ0) is 19.2. The van der Waals surface area contributed by atoms with Crippen molar-refractivity contribution in [2.45, 2.75) is 50.5 Å². The summed E-state index contributed by atoms with van der Waals surface area (Å²) >= 11 is 0. The molecule has 7 heteroatoms. The molecular weight excluding hydrogens is 338 g/mol. The smallest absolute Gasteiger partial charge is 0.305 e. The number of aliphatic carboxylic acids is 1. The number of methoxy groups -OCH3 is 3. The Morgan fingerprint density at radius 1 is 1.08 bits per heavy atom. The lowest BCUT2D eigenvalue weighted by Crippen LogP contribution is -2.47. The molecule has 2 N–H and O–H groups in total. The topological polar surface area (TPSA) is 94.1 Å². The fraction of sp³-hybridized carbons (Fsp3) is 0.579. The van der Waals surface area contributed by atoms with E-state index >= 15 is 0 Å². The van der Waals surface area contributed by atoms with Crippen LogP contribution >= 0.6 is 0 Å². The molecule has 0 saturated heterocycles. The summed E-state index contributed by atoms with van der Waals surface area (Å²) in [5.74, 6) is 0.564. The third-order valence-electron chi connectivity index (χ3n) is 4.86. The van der Waals surface area contributed by atoms with Crippen molar-refractivity contribution >= 4 is 11.9 Å². The molecule has 1 amide bonds. The summed E-state index contributed by atoms with van der Waals surface area (Å²) < 4.78 is 16.0. The number of ether oxygens (including phenoxy) is 3. The lowest BCUT2D eigenvalue weighted by atomic mass is 9.92. The average molecular weight is 365 g/mol. The van der Waals surface area contributed by atoms with Gasteiger partial charge in [0, 0.05) is 6.42 Å². The van der Waals surface area contributed by atoms with Crippen molar-refractivity contribution in [3.8, 4) is 17.2 Å². The van der Waals surface area contributed by atoms with Crippen molar-refractivity contribution in [1.82, 2.24) is 5.32 Å². The van der Waals surface area contributed by atoms with E-state index in [1.54, 1.807) is 20.3 Å². The Morgan fingerprint density at radius 2 is 1.73 bits per heavy atom. The molecule has 144 valence electrons. The van der Waals surface area contributed by atoms with Gasteiger partial charge in [-0.3, -0.25) is 9.59 Å². The number of rotatable bonds is 9. The molecule has 0 radical (unpaired) electrons. The number of carbonyl (C=O) groups excluding carboxylic acids is 1. The van der Waals surface area contributed by atoms with Gasteiger partial charge in [-0.05, 0) is 30.9 Å². The number of aryl methyl sites for hydroxylation is 1. The van der Waals surface area contributed by atoms with E-state index in [0.717, 1.165) is 18.4 Å². The molecule has 1 aromatic rings. The van der Waals surface area contributed by atoms with Crippen LogP contribution in [0.1, 0.15) is 44.1 Å². The third kappa shape index (κ3) is 4.59. The molecule has 0 atom stereocenters. The van der Waals surface area contributed by atoms with Gasteiger partial charge >= 0.3 is 5.97 Å². The molecule has 26 heavy (non-hydrogen) atoms. The van der Waals surface area contributed by atoms with Gasteiger partial charge in [0.05, 0.1) is 33.3 Å². The molecule has 0 aromatic heterocycles. The minimum atomic E-state index is -0.881. The van der Waals surface area contributed by atoms with Gasteiger partial charge in [-0.2, -0.15) is 0 Å². The highest BCUT2D eigenvalue weighted by atomic mass is 16.5. The summed E-state index contributed by atoms with van der Waals surface area (Å²) in [5.41, 5.74) is 0.226. The second-order valence-electron chi connectivity index (χ2n) is 6.60. The van der Waals surface area contributed by atoms with Crippen LogP contribution in [0.2, 0.25) is 0 Å². The lowest BCUT2D eigenvalue weighted by molar-refractivity contribution is -0.139. The molecule has 1 fully saturated rings. The van der Waals surface area contributed by atoms with E-state index < -0.39 is 11.5 Å². The SMILES string of the molecule is COc1ccc(CCC(=O)NC2(CC(=O)O)CCCC2)c(OC)c1OC. The Hall–Kier alpha value is -2.44. The molecule has 0 spiro atoms. The summed E-state index contributed by atoms with van der Waals surface area (Å²) in [6.07, 6.45) is 3.98. The van der Waals surface area contributed by atoms with Crippen molar-refractivity contribution < 1.29 is 28.9 Å². The summed E-state index contributed by atoms with van der Waals surface area (Å²) in [6.45, 7) is 0. The van der Waals surface area contributed by atoms with Gasteiger partial charge in [-0.25, -0.2) is 0 Å². The normalized spacial score (nSPS) is 15.3. The van der Waals surface area contributed by atoms with Crippen molar-refractivity contribution in [3.05, 3.63) is 17.7 Å². The number of hydrogen-bond donors (Lipinski definition) is 2. The number of carbonyl (C=O) groups is 2. The highest BCUT2D eigenvalue weighted by molar-refractivity contribution is 5.79. The maximum atomic E-state index is 12.4. The summed E-state index contributed by atoms with van der Waals surface area (Å²) in [5, 5.41) is 12.1. The van der Waals surface area contributed by atoms with E-state index in [-0.39, 0.29) is 18.7 Å². The van der Waals surface area contributed by atoms with Crippen LogP contribution in [0.15, 0.2) is 12.1 Å². The number of amides is 1. The number of carboxylic acids is 1. The Bertz CT molecular complexity index is 652. The Balaban J connectivity index is 2.06. The van der Waals surface area contributed by atoms with Gasteiger partial charge in [0.2, 0.25) is 11.7 Å². The molecular formula is C19H27NO6. The molecule has 2 rings (SSSR count). The van der Waals surface area contributed by atoms with Crippen LogP contribution < -0.4 is 19.5 Å². The van der Waals surface area contributed by atoms with Gasteiger partial charge in [0.25, 0.3) is 0 Å². The standard InChI is InChI=1S/C19H27NO6/c1-24-14-8-6-13(17(25-2)18(14)26-3)7-9-15(21)20-19(12-16(22)23)10-4-5-11-19/h6,8H,4-5,7,9-12H2,1-3H3,(H,20,21)(H,22,23). The van der Waals surface area contributed by atoms with E-state index in [9.17, 15) is 9.59 Å². The van der Waals surface area contributed by atoms with Gasteiger partial charge in [0.15, 0.2) is 11.5 Å². The monoisotopic (exact) mass is 365 g/mol. The van der Waals surface area contributed by atoms with Crippen molar-refractivity contribution in [2.24, 2.45) is 0 Å². The molecule has 1 aromatic carbocycles. The van der Waals surface area contributed by atoms with E-state index in [2.05, 4.69) is 5.32 Å². The van der Waals surface area contributed by atoms with Crippen molar-refractivity contribution in [1.29, 1.82) is 0 Å². The lowest BCUT2D eigenvalue weighted by Gasteiger charge is -2.28. The Kier molecular flexibility index (Phi) is 6.71. The van der Waals surface area contributed by atoms with Crippen molar-refractivity contribution in [3.63, 3.8) is 0 Å². The highest BCUT2D eigenvalue weighted by Gasteiger charge is 2.37. The van der Waals surface area contributed by atoms with E-state index in [1.807, 2.05) is 6.07 Å².